The number of pyridine rings is 1. The predicted octanol–water partition coefficient (Wildman–Crippen LogP) is 5.53. The molecule has 2 nitrogen and oxygen atoms in total. The topological polar surface area (TPSA) is 8.29 Å². The first-order valence-corrected chi connectivity index (χ1v) is 18.0. The van der Waals surface area contributed by atoms with Gasteiger partial charge in [-0.3, -0.25) is 0 Å². The van der Waals surface area contributed by atoms with Crippen molar-refractivity contribution in [3.8, 4) is 0 Å². The second kappa shape index (κ2) is 10.0. The van der Waals surface area contributed by atoms with E-state index in [-0.39, 0.29) is 24.3 Å². The Kier molecular flexibility index (Phi) is 6.23. The molecular weight excluding hydrogens is 590 g/mol. The maximum atomic E-state index is 2.63. The second-order valence-electron chi connectivity index (χ2n) is 16.3. The number of aryl methyl sites for hydroxylation is 6. The van der Waals surface area contributed by atoms with E-state index in [9.17, 15) is 0 Å². The largest absolute Gasteiger partial charge is 0.295 e. The van der Waals surface area contributed by atoms with Crippen LogP contribution in [0.3, 0.4) is 0 Å². The summed E-state index contributed by atoms with van der Waals surface area (Å²) in [6.45, 7) is 21.6. The molecule has 0 N–H and O–H groups in total. The van der Waals surface area contributed by atoms with Crippen LogP contribution in [-0.4, -0.2) is 17.8 Å². The molecule has 4 heterocycles. The third-order valence-electron chi connectivity index (χ3n) is 13.2. The summed E-state index contributed by atoms with van der Waals surface area (Å²) in [7, 11) is 2.26. The number of fused-ring (bicyclic) bond motifs is 6. The van der Waals surface area contributed by atoms with Crippen LogP contribution in [0.2, 0.25) is 0 Å². The number of benzene rings is 5. The Hall–Kier alpha value is -4.56. The minimum atomic E-state index is -0.0578. The van der Waals surface area contributed by atoms with Gasteiger partial charge in [-0.1, -0.05) is 168 Å². The van der Waals surface area contributed by atoms with Gasteiger partial charge in [-0.05, 0) is 45.6 Å². The number of aromatic nitrogens is 2. The van der Waals surface area contributed by atoms with Gasteiger partial charge >= 0.3 is 0 Å². The van der Waals surface area contributed by atoms with Crippen LogP contribution in [-0.2, 0) is 17.9 Å². The summed E-state index contributed by atoms with van der Waals surface area (Å²) in [4.78, 5) is 0. The molecule has 0 aliphatic carbocycles. The summed E-state index contributed by atoms with van der Waals surface area (Å²) in [5, 5.41) is 4.17. The molecular formula is C45H45B2N2+. The first-order valence-electron chi connectivity index (χ1n) is 18.0. The molecule has 5 aromatic carbocycles. The van der Waals surface area contributed by atoms with Crippen molar-refractivity contribution in [1.82, 2.24) is 4.40 Å². The van der Waals surface area contributed by atoms with Crippen molar-refractivity contribution in [2.75, 3.05) is 0 Å². The number of hydrogen-bond donors (Lipinski definition) is 0. The molecule has 0 bridgehead atoms. The number of rotatable bonds is 2. The number of para-hydroxylation sites is 1. The van der Waals surface area contributed by atoms with Crippen LogP contribution in [0, 0.1) is 34.6 Å². The molecule has 2 aliphatic rings. The van der Waals surface area contributed by atoms with Crippen LogP contribution in [0.1, 0.15) is 66.8 Å². The highest BCUT2D eigenvalue weighted by molar-refractivity contribution is 7.12. The fraction of sp³-hybridized carbons (Fsp3) is 0.267. The molecule has 7 aromatic rings. The summed E-state index contributed by atoms with van der Waals surface area (Å²) in [5.74, 6) is 0. The first kappa shape index (κ1) is 30.5. The van der Waals surface area contributed by atoms with Gasteiger partial charge in [0.15, 0.2) is 5.69 Å². The smallest absolute Gasteiger partial charge is 0.232 e. The molecule has 49 heavy (non-hydrogen) atoms. The lowest BCUT2D eigenvalue weighted by molar-refractivity contribution is -0.643. The third-order valence-corrected chi connectivity index (χ3v) is 13.2. The fourth-order valence-electron chi connectivity index (χ4n) is 10.2. The van der Waals surface area contributed by atoms with Gasteiger partial charge in [0.1, 0.15) is 11.7 Å². The Morgan fingerprint density at radius 2 is 1.10 bits per heavy atom. The van der Waals surface area contributed by atoms with Crippen LogP contribution in [0.25, 0.3) is 27.3 Å². The summed E-state index contributed by atoms with van der Waals surface area (Å²) in [6.07, 6.45) is 2.42. The SMILES string of the molecule is Cc1cccc(C)c1B1c2ccccc2B(c2c(C)cccc2C)c2c1cc(C)c1c2c2cccc3c2n2c(c[n+](C)c12)C(C)(C)C3(C)C. The van der Waals surface area contributed by atoms with Crippen LogP contribution in [0.4, 0.5) is 0 Å². The van der Waals surface area contributed by atoms with E-state index >= 15 is 0 Å². The molecule has 2 aromatic heterocycles. The van der Waals surface area contributed by atoms with Crippen LogP contribution >= 0.6 is 0 Å². The van der Waals surface area contributed by atoms with E-state index in [1.807, 2.05) is 0 Å². The third kappa shape index (κ3) is 3.73. The van der Waals surface area contributed by atoms with E-state index < -0.39 is 0 Å². The number of nitrogens with zero attached hydrogens (tertiary/aromatic N) is 2. The molecule has 9 rings (SSSR count). The maximum absolute atomic E-state index is 2.63. The second-order valence-corrected chi connectivity index (χ2v) is 16.3. The quantitative estimate of drug-likeness (QED) is 0.134. The van der Waals surface area contributed by atoms with E-state index in [2.05, 4.69) is 169 Å². The Balaban J connectivity index is 1.58. The fourth-order valence-corrected chi connectivity index (χ4v) is 10.2. The molecule has 0 saturated carbocycles. The van der Waals surface area contributed by atoms with Gasteiger partial charge < -0.3 is 0 Å². The van der Waals surface area contributed by atoms with Gasteiger partial charge in [0.2, 0.25) is 13.4 Å². The number of imidazole rings is 1. The molecule has 0 fully saturated rings. The van der Waals surface area contributed by atoms with Crippen molar-refractivity contribution < 1.29 is 4.57 Å². The summed E-state index contributed by atoms with van der Waals surface area (Å²) in [5.41, 5.74) is 20.9. The van der Waals surface area contributed by atoms with Gasteiger partial charge in [-0.25, -0.2) is 4.57 Å². The maximum Gasteiger partial charge on any atom is 0.295 e. The highest BCUT2D eigenvalue weighted by atomic mass is 15.1. The lowest BCUT2D eigenvalue weighted by Gasteiger charge is -2.43. The zero-order valence-electron chi connectivity index (χ0n) is 30.7. The minimum absolute atomic E-state index is 0.0541. The molecule has 240 valence electrons. The minimum Gasteiger partial charge on any atom is -0.232 e. The highest BCUT2D eigenvalue weighted by Crippen LogP contribution is 2.51. The first-order chi connectivity index (χ1) is 23.4. The van der Waals surface area contributed by atoms with Crippen molar-refractivity contribution in [2.45, 2.75) is 73.1 Å². The van der Waals surface area contributed by atoms with E-state index in [0.717, 1.165) is 0 Å². The molecule has 0 atom stereocenters. The summed E-state index contributed by atoms with van der Waals surface area (Å²) < 4.78 is 5.05. The normalized spacial score (nSPS) is 15.8. The highest BCUT2D eigenvalue weighted by Gasteiger charge is 2.51. The summed E-state index contributed by atoms with van der Waals surface area (Å²) in [6, 6.07) is 32.8. The predicted molar refractivity (Wildman–Crippen MR) is 212 cm³/mol. The Morgan fingerprint density at radius 3 is 1.71 bits per heavy atom. The molecule has 2 aliphatic heterocycles. The van der Waals surface area contributed by atoms with Crippen molar-refractivity contribution in [1.29, 1.82) is 0 Å². The van der Waals surface area contributed by atoms with Crippen LogP contribution < -0.4 is 37.3 Å². The number of hydrogen-bond acceptors (Lipinski definition) is 0. The average Bonchev–Trinajstić information content (AvgIpc) is 3.42. The van der Waals surface area contributed by atoms with Crippen LogP contribution in [0.15, 0.2) is 91.1 Å². The van der Waals surface area contributed by atoms with E-state index in [1.54, 1.807) is 0 Å². The Bertz CT molecular complexity index is 2540. The van der Waals surface area contributed by atoms with Gasteiger partial charge in [0.25, 0.3) is 5.65 Å². The standard InChI is InChI=1S/C45H45B2N2/c1-26-16-13-17-27(2)39(26)46-33-22-11-12-23-34(33)47(40-28(3)18-14-19-29(40)4)41-35(46)24-30(5)37-38(41)31-20-15-21-32-42(31)49-36(25-48(10)43(37)49)45(8,9)44(32,6)7/h11-25H,1-10H3/q+1. The zero-order valence-corrected chi connectivity index (χ0v) is 30.7. The van der Waals surface area contributed by atoms with E-state index in [1.165, 1.54) is 99.2 Å². The lowest BCUT2D eigenvalue weighted by atomic mass is 9.20. The van der Waals surface area contributed by atoms with Crippen molar-refractivity contribution >= 4 is 73.5 Å². The van der Waals surface area contributed by atoms with Crippen LogP contribution in [0.5, 0.6) is 0 Å². The molecule has 0 spiro atoms. The van der Waals surface area contributed by atoms with Crippen molar-refractivity contribution in [3.05, 3.63) is 130 Å². The monoisotopic (exact) mass is 635 g/mol. The summed E-state index contributed by atoms with van der Waals surface area (Å²) >= 11 is 0. The lowest BCUT2D eigenvalue weighted by Crippen LogP contribution is -2.76. The molecule has 4 heteroatoms. The Morgan fingerprint density at radius 1 is 0.551 bits per heavy atom. The van der Waals surface area contributed by atoms with Gasteiger partial charge in [0, 0.05) is 21.8 Å². The van der Waals surface area contributed by atoms with Gasteiger partial charge in [-0.2, -0.15) is 4.40 Å². The van der Waals surface area contributed by atoms with Gasteiger partial charge in [-0.15, -0.1) is 0 Å². The van der Waals surface area contributed by atoms with E-state index in [0.29, 0.717) is 0 Å². The van der Waals surface area contributed by atoms with E-state index in [4.69, 9.17) is 0 Å². The Labute approximate surface area is 292 Å². The average molecular weight is 635 g/mol. The molecule has 0 radical (unpaired) electrons. The molecule has 0 amide bonds. The molecule has 0 unspecified atom stereocenters. The zero-order chi connectivity index (χ0) is 34.3. The van der Waals surface area contributed by atoms with Gasteiger partial charge in [0.05, 0.1) is 12.4 Å². The molecule has 0 saturated heterocycles. The van der Waals surface area contributed by atoms with Crippen molar-refractivity contribution in [3.63, 3.8) is 0 Å². The van der Waals surface area contributed by atoms with Crippen molar-refractivity contribution in [2.24, 2.45) is 7.05 Å².